The van der Waals surface area contributed by atoms with Crippen LogP contribution in [0.5, 0.6) is 0 Å². The maximum atomic E-state index is 13.6. The van der Waals surface area contributed by atoms with Gasteiger partial charge in [-0.3, -0.25) is 0 Å². The van der Waals surface area contributed by atoms with Crippen molar-refractivity contribution in [3.63, 3.8) is 0 Å². The number of halogens is 1. The van der Waals surface area contributed by atoms with Crippen molar-refractivity contribution in [3.05, 3.63) is 70.4 Å². The lowest BCUT2D eigenvalue weighted by molar-refractivity contribution is 0.616. The Kier molecular flexibility index (Phi) is 3.55. The van der Waals surface area contributed by atoms with E-state index in [0.29, 0.717) is 0 Å². The molecule has 1 N–H and O–H groups in total. The van der Waals surface area contributed by atoms with Crippen LogP contribution in [0.3, 0.4) is 0 Å². The number of fused-ring (bicyclic) bond motifs is 1. The molecule has 0 amide bonds. The summed E-state index contributed by atoms with van der Waals surface area (Å²) in [6, 6.07) is 13.4. The zero-order chi connectivity index (χ0) is 14.1. The third-order valence-corrected chi connectivity index (χ3v) is 4.64. The van der Waals surface area contributed by atoms with Gasteiger partial charge in [0.15, 0.2) is 0 Å². The second-order valence-corrected chi connectivity index (χ2v) is 5.82. The first kappa shape index (κ1) is 13.3. The van der Waals surface area contributed by atoms with Gasteiger partial charge in [0, 0.05) is 4.70 Å². The van der Waals surface area contributed by atoms with Crippen LogP contribution in [0.2, 0.25) is 0 Å². The van der Waals surface area contributed by atoms with E-state index < -0.39 is 0 Å². The molecule has 1 nitrogen and oxygen atoms in total. The van der Waals surface area contributed by atoms with Gasteiger partial charge in [0.25, 0.3) is 0 Å². The van der Waals surface area contributed by atoms with Crippen LogP contribution in [0, 0.1) is 12.7 Å². The molecule has 0 aliphatic carbocycles. The van der Waals surface area contributed by atoms with Gasteiger partial charge in [-0.2, -0.15) is 0 Å². The van der Waals surface area contributed by atoms with Gasteiger partial charge >= 0.3 is 0 Å². The summed E-state index contributed by atoms with van der Waals surface area (Å²) < 4.78 is 14.8. The first-order valence-electron chi connectivity index (χ1n) is 6.60. The van der Waals surface area contributed by atoms with Crippen LogP contribution >= 0.6 is 11.3 Å². The van der Waals surface area contributed by atoms with Crippen molar-refractivity contribution in [2.24, 2.45) is 0 Å². The van der Waals surface area contributed by atoms with Crippen LogP contribution in [0.25, 0.3) is 10.1 Å². The lowest BCUT2D eigenvalue weighted by atomic mass is 9.94. The lowest BCUT2D eigenvalue weighted by Crippen LogP contribution is -2.19. The Morgan fingerprint density at radius 2 is 1.95 bits per heavy atom. The van der Waals surface area contributed by atoms with Crippen LogP contribution in [0.1, 0.15) is 22.7 Å². The fourth-order valence-corrected chi connectivity index (χ4v) is 3.59. The van der Waals surface area contributed by atoms with Crippen LogP contribution in [-0.2, 0) is 0 Å². The molecule has 1 atom stereocenters. The van der Waals surface area contributed by atoms with Gasteiger partial charge in [-0.1, -0.05) is 24.3 Å². The number of hydrogen-bond donors (Lipinski definition) is 1. The molecule has 0 aliphatic rings. The van der Waals surface area contributed by atoms with Crippen molar-refractivity contribution in [2.45, 2.75) is 13.0 Å². The molecule has 3 heteroatoms. The first-order valence-corrected chi connectivity index (χ1v) is 7.48. The van der Waals surface area contributed by atoms with E-state index in [1.165, 1.54) is 21.7 Å². The lowest BCUT2D eigenvalue weighted by Gasteiger charge is -2.20. The van der Waals surface area contributed by atoms with Gasteiger partial charge < -0.3 is 5.32 Å². The molecule has 1 unspecified atom stereocenters. The Morgan fingerprint density at radius 1 is 1.10 bits per heavy atom. The third-order valence-electron chi connectivity index (χ3n) is 3.66. The van der Waals surface area contributed by atoms with Crippen molar-refractivity contribution in [1.29, 1.82) is 0 Å². The molecule has 0 bridgehead atoms. The summed E-state index contributed by atoms with van der Waals surface area (Å²) in [5.74, 6) is -0.191. The highest BCUT2D eigenvalue weighted by molar-refractivity contribution is 7.17. The van der Waals surface area contributed by atoms with E-state index in [4.69, 9.17) is 0 Å². The molecule has 2 aromatic carbocycles. The zero-order valence-corrected chi connectivity index (χ0v) is 12.3. The van der Waals surface area contributed by atoms with Crippen molar-refractivity contribution in [1.82, 2.24) is 5.32 Å². The topological polar surface area (TPSA) is 12.0 Å². The minimum Gasteiger partial charge on any atom is -0.309 e. The minimum atomic E-state index is -0.191. The fraction of sp³-hybridized carbons (Fsp3) is 0.176. The predicted molar refractivity (Wildman–Crippen MR) is 83.9 cm³/mol. The summed E-state index contributed by atoms with van der Waals surface area (Å²) in [7, 11) is 1.92. The molecule has 0 aliphatic heterocycles. The van der Waals surface area contributed by atoms with E-state index in [-0.39, 0.29) is 11.9 Å². The Balaban J connectivity index is 2.19. The fourth-order valence-electron chi connectivity index (χ4n) is 2.64. The van der Waals surface area contributed by atoms with Gasteiger partial charge in [0.1, 0.15) is 5.82 Å². The maximum Gasteiger partial charge on any atom is 0.123 e. The summed E-state index contributed by atoms with van der Waals surface area (Å²) in [6.45, 7) is 2.02. The van der Waals surface area contributed by atoms with Crippen LogP contribution < -0.4 is 5.32 Å². The molecule has 1 heterocycles. The monoisotopic (exact) mass is 285 g/mol. The summed E-state index contributed by atoms with van der Waals surface area (Å²) in [5, 5.41) is 6.66. The Labute approximate surface area is 122 Å². The number of nitrogens with one attached hydrogen (secondary N) is 1. The smallest absolute Gasteiger partial charge is 0.123 e. The SMILES string of the molecule is CNC(c1cc(F)ccc1C)c1cccc2ccsc12. The molecular weight excluding hydrogens is 269 g/mol. The first-order chi connectivity index (χ1) is 9.70. The normalized spacial score (nSPS) is 12.8. The predicted octanol–water partition coefficient (Wildman–Crippen LogP) is 4.66. The van der Waals surface area contributed by atoms with Gasteiger partial charge in [-0.15, -0.1) is 11.3 Å². The zero-order valence-electron chi connectivity index (χ0n) is 11.5. The van der Waals surface area contributed by atoms with Crippen molar-refractivity contribution in [2.75, 3.05) is 7.05 Å². The summed E-state index contributed by atoms with van der Waals surface area (Å²) in [4.78, 5) is 0. The van der Waals surface area contributed by atoms with Crippen LogP contribution in [0.4, 0.5) is 4.39 Å². The Hall–Kier alpha value is -1.71. The molecule has 20 heavy (non-hydrogen) atoms. The number of thiophene rings is 1. The van der Waals surface area contributed by atoms with Gasteiger partial charge in [-0.05, 0) is 59.6 Å². The van der Waals surface area contributed by atoms with Crippen molar-refractivity contribution in [3.8, 4) is 0 Å². The standard InChI is InChI=1S/C17H16FNS/c1-11-6-7-13(18)10-15(11)16(19-2)14-5-3-4-12-8-9-20-17(12)14/h3-10,16,19H,1-2H3. The average Bonchev–Trinajstić information content (AvgIpc) is 2.92. The average molecular weight is 285 g/mol. The summed E-state index contributed by atoms with van der Waals surface area (Å²) in [6.07, 6.45) is 0. The largest absolute Gasteiger partial charge is 0.309 e. The third kappa shape index (κ3) is 2.23. The number of benzene rings is 2. The van der Waals surface area contributed by atoms with E-state index in [1.807, 2.05) is 20.0 Å². The molecule has 3 rings (SSSR count). The second-order valence-electron chi connectivity index (χ2n) is 4.91. The number of aryl methyl sites for hydroxylation is 1. The van der Waals surface area contributed by atoms with Gasteiger partial charge in [0.05, 0.1) is 6.04 Å². The highest BCUT2D eigenvalue weighted by Crippen LogP contribution is 2.33. The highest BCUT2D eigenvalue weighted by atomic mass is 32.1. The molecule has 102 valence electrons. The number of hydrogen-bond acceptors (Lipinski definition) is 2. The van der Waals surface area contributed by atoms with E-state index in [9.17, 15) is 4.39 Å². The molecule has 0 saturated carbocycles. The van der Waals surface area contributed by atoms with Crippen molar-refractivity contribution < 1.29 is 4.39 Å². The molecule has 0 spiro atoms. The second kappa shape index (κ2) is 5.35. The minimum absolute atomic E-state index is 0.00745. The van der Waals surface area contributed by atoms with Gasteiger partial charge in [-0.25, -0.2) is 4.39 Å². The molecule has 1 aromatic heterocycles. The maximum absolute atomic E-state index is 13.6. The van der Waals surface area contributed by atoms with Crippen molar-refractivity contribution >= 4 is 21.4 Å². The molecule has 0 saturated heterocycles. The van der Waals surface area contributed by atoms with E-state index in [0.717, 1.165) is 11.1 Å². The van der Waals surface area contributed by atoms with E-state index >= 15 is 0 Å². The Bertz CT molecular complexity index is 748. The quantitative estimate of drug-likeness (QED) is 0.738. The van der Waals surface area contributed by atoms with Crippen LogP contribution in [-0.4, -0.2) is 7.05 Å². The summed E-state index contributed by atoms with van der Waals surface area (Å²) >= 11 is 1.73. The van der Waals surface area contributed by atoms with Gasteiger partial charge in [0.2, 0.25) is 0 Å². The Morgan fingerprint density at radius 3 is 2.75 bits per heavy atom. The summed E-state index contributed by atoms with van der Waals surface area (Å²) in [5.41, 5.74) is 3.29. The van der Waals surface area contributed by atoms with E-state index in [1.54, 1.807) is 17.4 Å². The molecule has 3 aromatic rings. The number of rotatable bonds is 3. The molecule has 0 radical (unpaired) electrons. The molecule has 0 fully saturated rings. The van der Waals surface area contributed by atoms with E-state index in [2.05, 4.69) is 35.0 Å². The highest BCUT2D eigenvalue weighted by Gasteiger charge is 2.17. The molecular formula is C17H16FNS. The van der Waals surface area contributed by atoms with Crippen LogP contribution in [0.15, 0.2) is 47.8 Å².